The van der Waals surface area contributed by atoms with Crippen LogP contribution in [-0.2, 0) is 4.74 Å². The summed E-state index contributed by atoms with van der Waals surface area (Å²) in [6.07, 6.45) is -5.80. The van der Waals surface area contributed by atoms with Crippen molar-refractivity contribution >= 4 is 12.0 Å². The Balaban J connectivity index is 2.56. The summed E-state index contributed by atoms with van der Waals surface area (Å²) in [7, 11) is 0. The third kappa shape index (κ3) is 5.14. The van der Waals surface area contributed by atoms with E-state index in [4.69, 9.17) is 0 Å². The zero-order valence-electron chi connectivity index (χ0n) is 9.13. The summed E-state index contributed by atoms with van der Waals surface area (Å²) in [5, 5.41) is 2.01. The van der Waals surface area contributed by atoms with Crippen LogP contribution >= 0.6 is 0 Å². The fraction of sp³-hybridized carbons (Fsp3) is 0.444. The van der Waals surface area contributed by atoms with Crippen molar-refractivity contribution in [3.63, 3.8) is 0 Å². The molecule has 17 heavy (non-hydrogen) atoms. The van der Waals surface area contributed by atoms with E-state index in [9.17, 15) is 18.0 Å². The highest BCUT2D eigenvalue weighted by atomic mass is 19.4. The smallest absolute Gasteiger partial charge is 0.422 e. The Morgan fingerprint density at radius 1 is 1.35 bits per heavy atom. The Bertz CT molecular complexity index is 400. The molecule has 0 radical (unpaired) electrons. The molecule has 0 aliphatic heterocycles. The van der Waals surface area contributed by atoms with Gasteiger partial charge in [-0.15, -0.1) is 0 Å². The van der Waals surface area contributed by atoms with E-state index in [1.165, 1.54) is 0 Å². The van der Waals surface area contributed by atoms with Gasteiger partial charge in [0, 0.05) is 11.4 Å². The number of hydrogen-bond acceptors (Lipinski definition) is 4. The fourth-order valence-electron chi connectivity index (χ4n) is 1.06. The van der Waals surface area contributed by atoms with Crippen molar-refractivity contribution in [2.24, 2.45) is 0 Å². The van der Waals surface area contributed by atoms with Crippen LogP contribution in [0.5, 0.6) is 0 Å². The summed E-state index contributed by atoms with van der Waals surface area (Å²) in [5.41, 5.74) is 1.17. The number of amides is 1. The number of carbonyl (C=O) groups excluding carboxylic acids is 1. The van der Waals surface area contributed by atoms with E-state index in [1.54, 1.807) is 19.9 Å². The van der Waals surface area contributed by atoms with Crippen molar-refractivity contribution in [2.75, 3.05) is 11.9 Å². The highest BCUT2D eigenvalue weighted by Gasteiger charge is 2.29. The van der Waals surface area contributed by atoms with Crippen LogP contribution in [0.25, 0.3) is 0 Å². The van der Waals surface area contributed by atoms with Gasteiger partial charge in [0.1, 0.15) is 0 Å². The molecule has 5 nitrogen and oxygen atoms in total. The largest absolute Gasteiger partial charge is 0.440 e. The molecular weight excluding hydrogens is 239 g/mol. The number of ether oxygens (including phenoxy) is 1. The molecule has 0 aromatic carbocycles. The van der Waals surface area contributed by atoms with E-state index in [-0.39, 0.29) is 5.95 Å². The maximum atomic E-state index is 11.7. The van der Waals surface area contributed by atoms with Gasteiger partial charge in [-0.2, -0.15) is 13.2 Å². The van der Waals surface area contributed by atoms with Crippen molar-refractivity contribution in [3.05, 3.63) is 17.5 Å². The Morgan fingerprint density at radius 3 is 2.35 bits per heavy atom. The number of rotatable bonds is 2. The van der Waals surface area contributed by atoms with Gasteiger partial charge < -0.3 is 4.74 Å². The minimum absolute atomic E-state index is 0.0883. The number of carbonyl (C=O) groups is 1. The van der Waals surface area contributed by atoms with Crippen LogP contribution in [0.2, 0.25) is 0 Å². The molecule has 1 aromatic rings. The summed E-state index contributed by atoms with van der Waals surface area (Å²) in [4.78, 5) is 18.6. The van der Waals surface area contributed by atoms with Crippen molar-refractivity contribution < 1.29 is 22.7 Å². The summed E-state index contributed by atoms with van der Waals surface area (Å²) in [6, 6.07) is 1.66. The van der Waals surface area contributed by atoms with E-state index >= 15 is 0 Å². The quantitative estimate of drug-likeness (QED) is 0.872. The number of halogens is 3. The Kier molecular flexibility index (Phi) is 3.87. The van der Waals surface area contributed by atoms with Crippen LogP contribution in [-0.4, -0.2) is 28.8 Å². The molecule has 0 aliphatic rings. The molecule has 0 fully saturated rings. The van der Waals surface area contributed by atoms with Gasteiger partial charge in [-0.3, -0.25) is 5.32 Å². The van der Waals surface area contributed by atoms with Crippen LogP contribution in [0.4, 0.5) is 23.9 Å². The molecule has 1 heterocycles. The summed E-state index contributed by atoms with van der Waals surface area (Å²) in [6.45, 7) is 1.69. The first-order chi connectivity index (χ1) is 7.76. The van der Waals surface area contributed by atoms with Crippen molar-refractivity contribution in [1.82, 2.24) is 9.97 Å². The maximum absolute atomic E-state index is 11.7. The topological polar surface area (TPSA) is 64.1 Å². The molecule has 1 aromatic heterocycles. The molecule has 0 bridgehead atoms. The second-order valence-corrected chi connectivity index (χ2v) is 3.29. The highest BCUT2D eigenvalue weighted by Crippen LogP contribution is 2.14. The highest BCUT2D eigenvalue weighted by molar-refractivity contribution is 5.82. The standard InChI is InChI=1S/C9H10F3N3O2/c1-5-3-6(2)14-7(13-5)15-8(16)17-4-9(10,11)12/h3H,4H2,1-2H3,(H,13,14,15,16). The number of anilines is 1. The first-order valence-electron chi connectivity index (χ1n) is 4.59. The minimum Gasteiger partial charge on any atom is -0.440 e. The molecule has 94 valence electrons. The van der Waals surface area contributed by atoms with Gasteiger partial charge in [-0.05, 0) is 19.9 Å². The van der Waals surface area contributed by atoms with Crippen LogP contribution in [0.1, 0.15) is 11.4 Å². The molecule has 0 spiro atoms. The summed E-state index contributed by atoms with van der Waals surface area (Å²) >= 11 is 0. The molecule has 8 heteroatoms. The van der Waals surface area contributed by atoms with Gasteiger partial charge in [0.25, 0.3) is 0 Å². The first kappa shape index (κ1) is 13.2. The van der Waals surface area contributed by atoms with Crippen molar-refractivity contribution in [3.8, 4) is 0 Å². The van der Waals surface area contributed by atoms with E-state index in [0.29, 0.717) is 11.4 Å². The molecule has 0 saturated carbocycles. The number of nitrogens with one attached hydrogen (secondary N) is 1. The van der Waals surface area contributed by atoms with Gasteiger partial charge in [-0.1, -0.05) is 0 Å². The molecule has 0 atom stereocenters. The Hall–Kier alpha value is -1.86. The SMILES string of the molecule is Cc1cc(C)nc(NC(=O)OCC(F)(F)F)n1. The van der Waals surface area contributed by atoms with E-state index in [2.05, 4.69) is 14.7 Å². The van der Waals surface area contributed by atoms with E-state index in [0.717, 1.165) is 0 Å². The van der Waals surface area contributed by atoms with Gasteiger partial charge in [0.15, 0.2) is 6.61 Å². The Morgan fingerprint density at radius 2 is 1.88 bits per heavy atom. The summed E-state index contributed by atoms with van der Waals surface area (Å²) < 4.78 is 39.2. The first-order valence-corrected chi connectivity index (χ1v) is 4.59. The summed E-state index contributed by atoms with van der Waals surface area (Å²) in [5.74, 6) is -0.0883. The molecule has 0 aliphatic carbocycles. The van der Waals surface area contributed by atoms with Crippen LogP contribution in [0, 0.1) is 13.8 Å². The molecule has 0 saturated heterocycles. The van der Waals surface area contributed by atoms with E-state index < -0.39 is 18.9 Å². The molecular formula is C9H10F3N3O2. The van der Waals surface area contributed by atoms with Gasteiger partial charge >= 0.3 is 12.3 Å². The van der Waals surface area contributed by atoms with Crippen molar-refractivity contribution in [2.45, 2.75) is 20.0 Å². The van der Waals surface area contributed by atoms with Gasteiger partial charge in [-0.25, -0.2) is 14.8 Å². The fourth-order valence-corrected chi connectivity index (χ4v) is 1.06. The van der Waals surface area contributed by atoms with Gasteiger partial charge in [0.05, 0.1) is 0 Å². The average molecular weight is 249 g/mol. The van der Waals surface area contributed by atoms with Crippen LogP contribution < -0.4 is 5.32 Å². The molecule has 1 rings (SSSR count). The van der Waals surface area contributed by atoms with Crippen LogP contribution in [0.15, 0.2) is 6.07 Å². The predicted octanol–water partition coefficient (Wildman–Crippen LogP) is 2.20. The normalized spacial score (nSPS) is 11.1. The number of aryl methyl sites for hydroxylation is 2. The lowest BCUT2D eigenvalue weighted by molar-refractivity contribution is -0.159. The number of hydrogen-bond donors (Lipinski definition) is 1. The van der Waals surface area contributed by atoms with E-state index in [1.807, 2.05) is 5.32 Å². The third-order valence-corrected chi connectivity index (χ3v) is 1.56. The molecule has 1 N–H and O–H groups in total. The maximum Gasteiger partial charge on any atom is 0.422 e. The zero-order chi connectivity index (χ0) is 13.1. The van der Waals surface area contributed by atoms with Gasteiger partial charge in [0.2, 0.25) is 5.95 Å². The second kappa shape index (κ2) is 4.98. The number of nitrogens with zero attached hydrogens (tertiary/aromatic N) is 2. The van der Waals surface area contributed by atoms with Crippen molar-refractivity contribution in [1.29, 1.82) is 0 Å². The minimum atomic E-state index is -4.55. The predicted molar refractivity (Wildman–Crippen MR) is 52.5 cm³/mol. The lowest BCUT2D eigenvalue weighted by atomic mass is 10.4. The lowest BCUT2D eigenvalue weighted by Gasteiger charge is -2.08. The van der Waals surface area contributed by atoms with Crippen LogP contribution in [0.3, 0.4) is 0 Å². The number of aromatic nitrogens is 2. The second-order valence-electron chi connectivity index (χ2n) is 3.29. The number of alkyl halides is 3. The lowest BCUT2D eigenvalue weighted by Crippen LogP contribution is -2.24. The molecule has 0 unspecified atom stereocenters. The average Bonchev–Trinajstić information content (AvgIpc) is 2.11. The zero-order valence-corrected chi connectivity index (χ0v) is 9.13. The molecule has 1 amide bonds. The third-order valence-electron chi connectivity index (χ3n) is 1.56. The monoisotopic (exact) mass is 249 g/mol. The Labute approximate surface area is 95.0 Å².